The average molecular weight is 425 g/mol. The van der Waals surface area contributed by atoms with Crippen LogP contribution in [0.3, 0.4) is 0 Å². The van der Waals surface area contributed by atoms with E-state index in [1.807, 2.05) is 29.5 Å². The van der Waals surface area contributed by atoms with Gasteiger partial charge in [0.05, 0.1) is 16.6 Å². The molecule has 8 heteroatoms. The number of nitrogens with zero attached hydrogens (tertiary/aromatic N) is 1. The van der Waals surface area contributed by atoms with Gasteiger partial charge in [0.1, 0.15) is 0 Å². The second-order valence-corrected chi connectivity index (χ2v) is 8.24. The molecule has 1 saturated heterocycles. The molecule has 2 atom stereocenters. The highest BCUT2D eigenvalue weighted by atomic mass is 127. The number of β-amino-alcohol motifs (C(OH)–C–C–N with tert-alkyl or cyclic N) is 1. The van der Waals surface area contributed by atoms with E-state index >= 15 is 0 Å². The third-order valence-corrected chi connectivity index (χ3v) is 6.49. The van der Waals surface area contributed by atoms with E-state index < -0.39 is 22.1 Å². The number of benzene rings is 1. The molecule has 1 aliphatic heterocycles. The number of sulfonamides is 1. The van der Waals surface area contributed by atoms with E-state index in [2.05, 4.69) is 0 Å². The Morgan fingerprint density at radius 2 is 2.10 bits per heavy atom. The molecule has 116 valence electrons. The van der Waals surface area contributed by atoms with Gasteiger partial charge in [0, 0.05) is 16.7 Å². The maximum atomic E-state index is 12.5. The lowest BCUT2D eigenvalue weighted by Crippen LogP contribution is -2.45. The number of hydrogen-bond acceptors (Lipinski definition) is 4. The number of carbonyl (C=O) groups is 1. The number of rotatable bonds is 3. The normalized spacial score (nSPS) is 24.0. The molecule has 1 aromatic carbocycles. The van der Waals surface area contributed by atoms with Gasteiger partial charge in [0.15, 0.2) is 0 Å². The summed E-state index contributed by atoms with van der Waals surface area (Å²) in [5.41, 5.74) is -0.0393. The second-order valence-electron chi connectivity index (χ2n) is 5.14. The minimum Gasteiger partial charge on any atom is -0.478 e. The lowest BCUT2D eigenvalue weighted by atomic mass is 9.98. The van der Waals surface area contributed by atoms with Crippen LogP contribution in [0.5, 0.6) is 0 Å². The van der Waals surface area contributed by atoms with E-state index in [9.17, 15) is 18.3 Å². The Morgan fingerprint density at radius 1 is 1.43 bits per heavy atom. The zero-order valence-electron chi connectivity index (χ0n) is 11.4. The molecule has 6 nitrogen and oxygen atoms in total. The van der Waals surface area contributed by atoms with Crippen molar-refractivity contribution in [1.29, 1.82) is 0 Å². The van der Waals surface area contributed by atoms with E-state index in [0.717, 1.165) is 0 Å². The number of piperidine rings is 1. The Balaban J connectivity index is 2.36. The van der Waals surface area contributed by atoms with Crippen molar-refractivity contribution in [3.63, 3.8) is 0 Å². The Kier molecular flexibility index (Phi) is 4.91. The van der Waals surface area contributed by atoms with Crippen LogP contribution < -0.4 is 0 Å². The molecule has 0 spiro atoms. The van der Waals surface area contributed by atoms with Crippen molar-refractivity contribution in [2.75, 3.05) is 13.1 Å². The summed E-state index contributed by atoms with van der Waals surface area (Å²) >= 11 is 1.85. The van der Waals surface area contributed by atoms with Crippen LogP contribution >= 0.6 is 22.6 Å². The van der Waals surface area contributed by atoms with Crippen LogP contribution in [-0.4, -0.2) is 48.1 Å². The van der Waals surface area contributed by atoms with Crippen molar-refractivity contribution in [3.05, 3.63) is 27.3 Å². The van der Waals surface area contributed by atoms with E-state index in [0.29, 0.717) is 16.5 Å². The van der Waals surface area contributed by atoms with Crippen molar-refractivity contribution in [1.82, 2.24) is 4.31 Å². The minimum atomic E-state index is -3.78. The molecule has 0 aliphatic carbocycles. The highest BCUT2D eigenvalue weighted by Crippen LogP contribution is 2.25. The van der Waals surface area contributed by atoms with Crippen LogP contribution in [-0.2, 0) is 10.0 Å². The van der Waals surface area contributed by atoms with Crippen molar-refractivity contribution >= 4 is 38.6 Å². The van der Waals surface area contributed by atoms with Gasteiger partial charge in [-0.05, 0) is 53.1 Å². The Bertz CT molecular complexity index is 661. The summed E-state index contributed by atoms with van der Waals surface area (Å²) in [6, 6.07) is 4.04. The molecule has 21 heavy (non-hydrogen) atoms. The number of aliphatic hydroxyl groups is 1. The lowest BCUT2D eigenvalue weighted by molar-refractivity contribution is 0.0605. The SMILES string of the molecule is CC1CCN(S(=O)(=O)c2ccc(I)c(C(=O)O)c2)CC1O. The topological polar surface area (TPSA) is 94.9 Å². The molecule has 0 saturated carbocycles. The maximum absolute atomic E-state index is 12.5. The van der Waals surface area contributed by atoms with Gasteiger partial charge in [-0.1, -0.05) is 6.92 Å². The van der Waals surface area contributed by atoms with E-state index in [1.165, 1.54) is 22.5 Å². The van der Waals surface area contributed by atoms with Crippen LogP contribution in [0.4, 0.5) is 0 Å². The fourth-order valence-electron chi connectivity index (χ4n) is 2.22. The fraction of sp³-hybridized carbons (Fsp3) is 0.462. The van der Waals surface area contributed by atoms with Gasteiger partial charge in [-0.25, -0.2) is 13.2 Å². The summed E-state index contributed by atoms with van der Waals surface area (Å²) < 4.78 is 26.8. The predicted molar refractivity (Wildman–Crippen MR) is 84.7 cm³/mol. The third kappa shape index (κ3) is 3.38. The molecule has 0 radical (unpaired) electrons. The van der Waals surface area contributed by atoms with Crippen LogP contribution in [0.25, 0.3) is 0 Å². The van der Waals surface area contributed by atoms with E-state index in [-0.39, 0.29) is 22.9 Å². The molecule has 0 bridgehead atoms. The van der Waals surface area contributed by atoms with Gasteiger partial charge >= 0.3 is 5.97 Å². The van der Waals surface area contributed by atoms with Gasteiger partial charge in [-0.15, -0.1) is 0 Å². The van der Waals surface area contributed by atoms with E-state index in [4.69, 9.17) is 5.11 Å². The van der Waals surface area contributed by atoms with Gasteiger partial charge < -0.3 is 10.2 Å². The van der Waals surface area contributed by atoms with Gasteiger partial charge in [0.2, 0.25) is 10.0 Å². The summed E-state index contributed by atoms with van der Waals surface area (Å²) in [4.78, 5) is 11.1. The van der Waals surface area contributed by atoms with Crippen molar-refractivity contribution in [2.45, 2.75) is 24.3 Å². The molecule has 2 rings (SSSR count). The highest BCUT2D eigenvalue weighted by Gasteiger charge is 2.33. The predicted octanol–water partition coefficient (Wildman–Crippen LogP) is 1.38. The fourth-order valence-corrected chi connectivity index (χ4v) is 4.28. The van der Waals surface area contributed by atoms with Crippen molar-refractivity contribution in [3.8, 4) is 0 Å². The number of carboxylic acid groups (broad SMARTS) is 1. The molecule has 2 N–H and O–H groups in total. The van der Waals surface area contributed by atoms with Gasteiger partial charge in [0.25, 0.3) is 0 Å². The van der Waals surface area contributed by atoms with Crippen LogP contribution in [0.2, 0.25) is 0 Å². The smallest absolute Gasteiger partial charge is 0.336 e. The van der Waals surface area contributed by atoms with Crippen molar-refractivity contribution < 1.29 is 23.4 Å². The molecule has 2 unspecified atom stereocenters. The molecule has 1 aromatic rings. The molecular weight excluding hydrogens is 409 g/mol. The number of aromatic carboxylic acids is 1. The monoisotopic (exact) mass is 425 g/mol. The Hall–Kier alpha value is -0.710. The second kappa shape index (κ2) is 6.19. The molecular formula is C13H16INO5S. The molecule has 0 amide bonds. The Morgan fingerprint density at radius 3 is 2.67 bits per heavy atom. The average Bonchev–Trinajstić information content (AvgIpc) is 2.41. The number of hydrogen-bond donors (Lipinski definition) is 2. The zero-order chi connectivity index (χ0) is 15.8. The van der Waals surface area contributed by atoms with Gasteiger partial charge in [-0.3, -0.25) is 0 Å². The first-order chi connectivity index (χ1) is 9.73. The molecule has 1 heterocycles. The molecule has 0 aromatic heterocycles. The van der Waals surface area contributed by atoms with Gasteiger partial charge in [-0.2, -0.15) is 4.31 Å². The highest BCUT2D eigenvalue weighted by molar-refractivity contribution is 14.1. The first-order valence-corrected chi connectivity index (χ1v) is 8.96. The van der Waals surface area contributed by atoms with E-state index in [1.54, 1.807) is 0 Å². The summed E-state index contributed by atoms with van der Waals surface area (Å²) in [5, 5.41) is 18.9. The number of carboxylic acids is 1. The first-order valence-electron chi connectivity index (χ1n) is 6.44. The molecule has 1 fully saturated rings. The quantitative estimate of drug-likeness (QED) is 0.714. The minimum absolute atomic E-state index is 0.0393. The van der Waals surface area contributed by atoms with Crippen LogP contribution in [0.15, 0.2) is 23.1 Å². The summed E-state index contributed by atoms with van der Waals surface area (Å²) in [5.74, 6) is -1.11. The summed E-state index contributed by atoms with van der Waals surface area (Å²) in [7, 11) is -3.78. The number of aliphatic hydroxyl groups excluding tert-OH is 1. The zero-order valence-corrected chi connectivity index (χ0v) is 14.3. The number of halogens is 1. The maximum Gasteiger partial charge on any atom is 0.336 e. The lowest BCUT2D eigenvalue weighted by Gasteiger charge is -2.33. The summed E-state index contributed by atoms with van der Waals surface area (Å²) in [6.45, 7) is 2.24. The third-order valence-electron chi connectivity index (χ3n) is 3.69. The first kappa shape index (κ1) is 16.7. The standard InChI is InChI=1S/C13H16INO5S/c1-8-4-5-15(7-12(8)16)21(19,20)9-2-3-11(14)10(6-9)13(17)18/h2-3,6,8,12,16H,4-5,7H2,1H3,(H,17,18). The largest absolute Gasteiger partial charge is 0.478 e. The van der Waals surface area contributed by atoms with Crippen molar-refractivity contribution in [2.24, 2.45) is 5.92 Å². The van der Waals surface area contributed by atoms with Crippen LogP contribution in [0, 0.1) is 9.49 Å². The molecule has 1 aliphatic rings. The van der Waals surface area contributed by atoms with Crippen LogP contribution in [0.1, 0.15) is 23.7 Å². The summed E-state index contributed by atoms with van der Waals surface area (Å²) in [6.07, 6.45) is -0.118. The Labute approximate surface area is 137 Å².